The van der Waals surface area contributed by atoms with E-state index in [1.54, 1.807) is 0 Å². The topological polar surface area (TPSA) is 52.6 Å². The Kier molecular flexibility index (Phi) is 9.39. The van der Waals surface area contributed by atoms with Crippen LogP contribution in [-0.2, 0) is 19.1 Å². The number of rotatable bonds is 8. The molecule has 5 heteroatoms. The molecule has 0 heterocycles. The van der Waals surface area contributed by atoms with Gasteiger partial charge in [0, 0.05) is 0 Å². The molecule has 128 valence electrons. The average molecular weight is 429 g/mol. The molecule has 0 radical (unpaired) electrons. The first-order valence-corrected chi connectivity index (χ1v) is 13.4. The van der Waals surface area contributed by atoms with Crippen molar-refractivity contribution in [2.24, 2.45) is 0 Å². The molecule has 0 atom stereocenters. The maximum absolute atomic E-state index is 11.8. The fourth-order valence-electron chi connectivity index (χ4n) is 3.36. The molecule has 2 fully saturated rings. The van der Waals surface area contributed by atoms with Crippen LogP contribution in [-0.4, -0.2) is 45.3 Å². The van der Waals surface area contributed by atoms with Gasteiger partial charge in [-0.15, -0.1) is 0 Å². The number of hydrogen-bond acceptors (Lipinski definition) is 4. The predicted molar refractivity (Wildman–Crippen MR) is 90.5 cm³/mol. The molecule has 0 unspecified atom stereocenters. The molecule has 0 N–H and O–H groups in total. The molecule has 0 aromatic rings. The van der Waals surface area contributed by atoms with Gasteiger partial charge in [0.25, 0.3) is 0 Å². The summed E-state index contributed by atoms with van der Waals surface area (Å²) in [5, 5.41) is 0. The number of esters is 2. The van der Waals surface area contributed by atoms with Crippen molar-refractivity contribution in [2.45, 2.75) is 98.1 Å². The van der Waals surface area contributed by atoms with Gasteiger partial charge in [-0.3, -0.25) is 0 Å². The molecule has 2 aliphatic carbocycles. The summed E-state index contributed by atoms with van der Waals surface area (Å²) in [4.78, 5) is 23.6. The monoisotopic (exact) mass is 430 g/mol. The van der Waals surface area contributed by atoms with Gasteiger partial charge >= 0.3 is 150 Å². The van der Waals surface area contributed by atoms with Gasteiger partial charge in [-0.1, -0.05) is 0 Å². The predicted octanol–water partition coefficient (Wildman–Crippen LogP) is 4.06. The summed E-state index contributed by atoms with van der Waals surface area (Å²) in [6, 6.07) is 0. The van der Waals surface area contributed by atoms with Crippen molar-refractivity contribution >= 4 is 33.1 Å². The van der Waals surface area contributed by atoms with Gasteiger partial charge in [0.1, 0.15) is 0 Å². The fourth-order valence-corrected chi connectivity index (χ4v) is 6.25. The van der Waals surface area contributed by atoms with Crippen LogP contribution in [0.25, 0.3) is 0 Å². The average Bonchev–Trinajstić information content (AvgIpc) is 2.56. The molecule has 0 aliphatic heterocycles. The van der Waals surface area contributed by atoms with Gasteiger partial charge in [0.15, 0.2) is 0 Å². The Morgan fingerprint density at radius 3 is 1.48 bits per heavy atom. The summed E-state index contributed by atoms with van der Waals surface area (Å²) < 4.78 is 13.0. The molecule has 23 heavy (non-hydrogen) atoms. The minimum absolute atomic E-state index is 0.0254. The summed E-state index contributed by atoms with van der Waals surface area (Å²) in [6.45, 7) is 0. The Labute approximate surface area is 150 Å². The van der Waals surface area contributed by atoms with Crippen LogP contribution in [0.5, 0.6) is 0 Å². The zero-order chi connectivity index (χ0) is 16.3. The van der Waals surface area contributed by atoms with Crippen molar-refractivity contribution in [1.82, 2.24) is 0 Å². The second kappa shape index (κ2) is 11.3. The summed E-state index contributed by atoms with van der Waals surface area (Å²) in [5.41, 5.74) is 0. The third kappa shape index (κ3) is 8.41. The van der Waals surface area contributed by atoms with Crippen LogP contribution in [0.2, 0.25) is 8.87 Å². The van der Waals surface area contributed by atoms with E-state index in [-0.39, 0.29) is 24.1 Å². The zero-order valence-corrected chi connectivity index (χ0v) is 17.0. The number of carbonyl (C=O) groups excluding carboxylic acids is 2. The summed E-state index contributed by atoms with van der Waals surface area (Å²) in [6.07, 6.45) is 12.9. The SMILES string of the molecule is O=C(C[CH2][Sn+2][CH2]CC(=O)OC1CCCCC1)OC1CCCCC1. The second-order valence-corrected chi connectivity index (χ2v) is 11.0. The molecule has 0 bridgehead atoms. The molecule has 2 rings (SSSR count). The van der Waals surface area contributed by atoms with E-state index >= 15 is 0 Å². The Morgan fingerprint density at radius 2 is 1.09 bits per heavy atom. The number of carbonyl (C=O) groups is 2. The van der Waals surface area contributed by atoms with E-state index < -0.39 is 21.1 Å². The van der Waals surface area contributed by atoms with Crippen LogP contribution in [0.15, 0.2) is 0 Å². The van der Waals surface area contributed by atoms with Crippen LogP contribution >= 0.6 is 0 Å². The van der Waals surface area contributed by atoms with E-state index in [4.69, 9.17) is 9.47 Å². The van der Waals surface area contributed by atoms with E-state index in [2.05, 4.69) is 0 Å². The van der Waals surface area contributed by atoms with E-state index in [9.17, 15) is 9.59 Å². The van der Waals surface area contributed by atoms with Gasteiger partial charge in [-0.2, -0.15) is 0 Å². The molecular formula is C18H30O4Sn+2. The molecule has 2 saturated carbocycles. The zero-order valence-electron chi connectivity index (χ0n) is 14.2. The number of ether oxygens (including phenoxy) is 2. The molecule has 0 saturated heterocycles. The van der Waals surface area contributed by atoms with E-state index in [1.165, 1.54) is 38.5 Å². The standard InChI is InChI=1S/2C9H15O2.Sn/c2*1-2-9(10)11-8-6-4-3-5-7-8;/h2*8H,1-7H2;/q;;+2. The van der Waals surface area contributed by atoms with Gasteiger partial charge < -0.3 is 0 Å². The van der Waals surface area contributed by atoms with Crippen LogP contribution in [0.3, 0.4) is 0 Å². The first-order valence-electron chi connectivity index (χ1n) is 9.34. The van der Waals surface area contributed by atoms with Crippen molar-refractivity contribution in [3.05, 3.63) is 0 Å². The quantitative estimate of drug-likeness (QED) is 0.332. The molecule has 2 aliphatic rings. The van der Waals surface area contributed by atoms with E-state index in [0.29, 0.717) is 12.8 Å². The van der Waals surface area contributed by atoms with Gasteiger partial charge in [0.2, 0.25) is 0 Å². The normalized spacial score (nSPS) is 19.8. The first-order chi connectivity index (χ1) is 11.2. The van der Waals surface area contributed by atoms with Crippen molar-refractivity contribution in [3.63, 3.8) is 0 Å². The maximum atomic E-state index is 11.8. The number of hydrogen-bond donors (Lipinski definition) is 0. The van der Waals surface area contributed by atoms with E-state index in [0.717, 1.165) is 34.6 Å². The minimum atomic E-state index is -0.629. The summed E-state index contributed by atoms with van der Waals surface area (Å²) in [7, 11) is 0. The Hall–Kier alpha value is -0.261. The van der Waals surface area contributed by atoms with Crippen molar-refractivity contribution < 1.29 is 19.1 Å². The van der Waals surface area contributed by atoms with Crippen molar-refractivity contribution in [3.8, 4) is 0 Å². The Balaban J connectivity index is 1.45. The summed E-state index contributed by atoms with van der Waals surface area (Å²) in [5.74, 6) is -0.0508. The van der Waals surface area contributed by atoms with Gasteiger partial charge in [-0.25, -0.2) is 0 Å². The molecular weight excluding hydrogens is 399 g/mol. The molecule has 0 amide bonds. The van der Waals surface area contributed by atoms with Gasteiger partial charge in [0.05, 0.1) is 0 Å². The first kappa shape index (κ1) is 19.1. The van der Waals surface area contributed by atoms with Gasteiger partial charge in [-0.05, 0) is 0 Å². The summed E-state index contributed by atoms with van der Waals surface area (Å²) >= 11 is -0.629. The van der Waals surface area contributed by atoms with Crippen molar-refractivity contribution in [2.75, 3.05) is 0 Å². The molecule has 4 nitrogen and oxygen atoms in total. The third-order valence-electron chi connectivity index (χ3n) is 4.71. The fraction of sp³-hybridized carbons (Fsp3) is 0.889. The van der Waals surface area contributed by atoms with Crippen LogP contribution in [0.4, 0.5) is 0 Å². The Morgan fingerprint density at radius 1 is 0.696 bits per heavy atom. The molecule has 0 aromatic heterocycles. The second-order valence-electron chi connectivity index (χ2n) is 6.75. The van der Waals surface area contributed by atoms with Crippen molar-refractivity contribution in [1.29, 1.82) is 0 Å². The molecule has 0 spiro atoms. The van der Waals surface area contributed by atoms with E-state index in [1.807, 2.05) is 0 Å². The van der Waals surface area contributed by atoms with Crippen LogP contribution in [0.1, 0.15) is 77.0 Å². The molecule has 0 aromatic carbocycles. The Bertz CT molecular complexity index is 326. The van der Waals surface area contributed by atoms with Crippen LogP contribution < -0.4 is 0 Å². The van der Waals surface area contributed by atoms with Crippen LogP contribution in [0, 0.1) is 0 Å². The third-order valence-corrected chi connectivity index (χ3v) is 8.16.